The lowest BCUT2D eigenvalue weighted by Crippen LogP contribution is -2.39. The van der Waals surface area contributed by atoms with E-state index in [1.54, 1.807) is 0 Å². The van der Waals surface area contributed by atoms with E-state index in [1.807, 2.05) is 39.0 Å². The first kappa shape index (κ1) is 22.1. The minimum absolute atomic E-state index is 0.0307. The van der Waals surface area contributed by atoms with Crippen LogP contribution in [0.5, 0.6) is 0 Å². The molecular formula is C22H33N5O3. The van der Waals surface area contributed by atoms with Gasteiger partial charge in [-0.15, -0.1) is 0 Å². The summed E-state index contributed by atoms with van der Waals surface area (Å²) in [5, 5.41) is 5.75. The highest BCUT2D eigenvalue weighted by molar-refractivity contribution is 5.91. The number of hydrogen-bond donors (Lipinski definition) is 3. The normalized spacial score (nSPS) is 16.0. The van der Waals surface area contributed by atoms with Gasteiger partial charge in [0.15, 0.2) is 5.58 Å². The number of nitrogens with two attached hydrogens (primary N) is 1. The van der Waals surface area contributed by atoms with Crippen LogP contribution in [-0.4, -0.2) is 48.0 Å². The van der Waals surface area contributed by atoms with E-state index in [4.69, 9.17) is 10.2 Å². The van der Waals surface area contributed by atoms with Crippen LogP contribution in [0.2, 0.25) is 0 Å². The van der Waals surface area contributed by atoms with Crippen molar-refractivity contribution in [3.63, 3.8) is 0 Å². The number of oxazole rings is 1. The van der Waals surface area contributed by atoms with Crippen LogP contribution >= 0.6 is 0 Å². The van der Waals surface area contributed by atoms with Crippen LogP contribution in [-0.2, 0) is 10.2 Å². The number of amides is 3. The van der Waals surface area contributed by atoms with Crippen molar-refractivity contribution in [2.75, 3.05) is 31.5 Å². The van der Waals surface area contributed by atoms with Crippen molar-refractivity contribution < 1.29 is 14.0 Å². The second-order valence-electron chi connectivity index (χ2n) is 9.06. The number of unbranched alkanes of at least 4 members (excludes halogenated alkanes) is 1. The Labute approximate surface area is 177 Å². The number of anilines is 1. The van der Waals surface area contributed by atoms with Gasteiger partial charge in [0.2, 0.25) is 11.8 Å². The zero-order chi connectivity index (χ0) is 21.7. The molecule has 1 aromatic heterocycles. The topological polar surface area (TPSA) is 113 Å². The Morgan fingerprint density at radius 3 is 2.63 bits per heavy atom. The number of likely N-dealkylation sites (tertiary alicyclic amines) is 1. The molecule has 0 unspecified atom stereocenters. The Balaban J connectivity index is 1.36. The van der Waals surface area contributed by atoms with Gasteiger partial charge in [0.05, 0.1) is 0 Å². The van der Waals surface area contributed by atoms with Gasteiger partial charge >= 0.3 is 6.03 Å². The van der Waals surface area contributed by atoms with E-state index in [9.17, 15) is 9.59 Å². The number of carbonyl (C=O) groups is 2. The van der Waals surface area contributed by atoms with Crippen molar-refractivity contribution in [2.24, 2.45) is 11.7 Å². The van der Waals surface area contributed by atoms with E-state index >= 15 is 0 Å². The molecule has 0 aliphatic carbocycles. The van der Waals surface area contributed by atoms with E-state index in [0.29, 0.717) is 23.7 Å². The van der Waals surface area contributed by atoms with E-state index in [-0.39, 0.29) is 23.3 Å². The number of benzene rings is 1. The number of hydrogen-bond acceptors (Lipinski definition) is 5. The lowest BCUT2D eigenvalue weighted by Gasteiger charge is -2.30. The molecule has 8 nitrogen and oxygen atoms in total. The zero-order valence-electron chi connectivity index (χ0n) is 18.2. The molecule has 0 saturated carbocycles. The number of piperidine rings is 1. The van der Waals surface area contributed by atoms with Gasteiger partial charge in [-0.2, -0.15) is 0 Å². The average Bonchev–Trinajstić information content (AvgIpc) is 3.12. The van der Waals surface area contributed by atoms with E-state index < -0.39 is 0 Å². The summed E-state index contributed by atoms with van der Waals surface area (Å²) in [4.78, 5) is 30.3. The van der Waals surface area contributed by atoms with Gasteiger partial charge < -0.3 is 25.7 Å². The number of primary amides is 1. The molecule has 0 radical (unpaired) electrons. The molecule has 164 valence electrons. The van der Waals surface area contributed by atoms with E-state index in [1.165, 1.54) is 0 Å². The molecule has 1 saturated heterocycles. The number of nitrogens with one attached hydrogen (secondary N) is 2. The molecule has 1 aliphatic heterocycles. The van der Waals surface area contributed by atoms with Crippen molar-refractivity contribution in [1.82, 2.24) is 15.2 Å². The Hall–Kier alpha value is -2.61. The fourth-order valence-electron chi connectivity index (χ4n) is 3.60. The molecule has 1 fully saturated rings. The van der Waals surface area contributed by atoms with Gasteiger partial charge in [-0.3, -0.25) is 4.79 Å². The minimum Gasteiger partial charge on any atom is -0.440 e. The lowest BCUT2D eigenvalue weighted by molar-refractivity contribution is -0.123. The Morgan fingerprint density at radius 1 is 1.23 bits per heavy atom. The fraction of sp³-hybridized carbons (Fsp3) is 0.591. The predicted octanol–water partition coefficient (Wildman–Crippen LogP) is 3.22. The molecule has 2 heterocycles. The van der Waals surface area contributed by atoms with Crippen molar-refractivity contribution in [3.8, 4) is 0 Å². The van der Waals surface area contributed by atoms with Gasteiger partial charge in [-0.25, -0.2) is 9.78 Å². The molecule has 0 spiro atoms. The molecule has 0 bridgehead atoms. The lowest BCUT2D eigenvalue weighted by atomic mass is 9.96. The monoisotopic (exact) mass is 415 g/mol. The molecule has 1 aromatic carbocycles. The summed E-state index contributed by atoms with van der Waals surface area (Å²) in [5.41, 5.74) is 7.34. The zero-order valence-corrected chi connectivity index (χ0v) is 18.2. The number of carbonyl (C=O) groups excluding carboxylic acids is 2. The standard InChI is InChI=1S/C22H33N5O3/c1-22(2,3)20-26-17-14-16(6-7-18(17)30-20)25-21(29)24-10-4-5-11-27-12-8-15(9-13-27)19(23)28/h6-7,14-15H,4-5,8-13H2,1-3H3,(H2,23,28)(H2,24,25,29). The Morgan fingerprint density at radius 2 is 1.97 bits per heavy atom. The SMILES string of the molecule is CC(C)(C)c1nc2cc(NC(=O)NCCCCN3CCC(C(N)=O)CC3)ccc2o1. The van der Waals surface area contributed by atoms with Crippen LogP contribution in [0.4, 0.5) is 10.5 Å². The third kappa shape index (κ3) is 5.95. The van der Waals surface area contributed by atoms with Gasteiger partial charge in [0, 0.05) is 23.6 Å². The molecule has 3 rings (SSSR count). The summed E-state index contributed by atoms with van der Waals surface area (Å²) in [6.45, 7) is 9.58. The predicted molar refractivity (Wildman–Crippen MR) is 117 cm³/mol. The summed E-state index contributed by atoms with van der Waals surface area (Å²) in [7, 11) is 0. The first-order chi connectivity index (χ1) is 14.2. The van der Waals surface area contributed by atoms with Gasteiger partial charge in [-0.05, 0) is 63.5 Å². The maximum atomic E-state index is 12.2. The fourth-order valence-corrected chi connectivity index (χ4v) is 3.60. The Kier molecular flexibility index (Phi) is 6.97. The van der Waals surface area contributed by atoms with Crippen LogP contribution in [0.1, 0.15) is 52.3 Å². The van der Waals surface area contributed by atoms with Crippen LogP contribution in [0, 0.1) is 5.92 Å². The molecule has 3 amide bonds. The van der Waals surface area contributed by atoms with Gasteiger partial charge in [0.25, 0.3) is 0 Å². The summed E-state index contributed by atoms with van der Waals surface area (Å²) in [5.74, 6) is 0.531. The maximum Gasteiger partial charge on any atom is 0.319 e. The smallest absolute Gasteiger partial charge is 0.319 e. The average molecular weight is 416 g/mol. The van der Waals surface area contributed by atoms with Gasteiger partial charge in [0.1, 0.15) is 5.52 Å². The second-order valence-corrected chi connectivity index (χ2v) is 9.06. The van der Waals surface area contributed by atoms with E-state index in [0.717, 1.165) is 50.8 Å². The third-order valence-electron chi connectivity index (χ3n) is 5.46. The van der Waals surface area contributed by atoms with Crippen molar-refractivity contribution in [1.29, 1.82) is 0 Å². The summed E-state index contributed by atoms with van der Waals surface area (Å²) in [6.07, 6.45) is 3.61. The molecule has 1 aliphatic rings. The minimum atomic E-state index is -0.226. The molecular weight excluding hydrogens is 382 g/mol. The van der Waals surface area contributed by atoms with Crippen LogP contribution in [0.25, 0.3) is 11.1 Å². The quantitative estimate of drug-likeness (QED) is 0.601. The summed E-state index contributed by atoms with van der Waals surface area (Å²) >= 11 is 0. The summed E-state index contributed by atoms with van der Waals surface area (Å²) in [6, 6.07) is 5.24. The first-order valence-electron chi connectivity index (χ1n) is 10.7. The number of urea groups is 1. The highest BCUT2D eigenvalue weighted by Gasteiger charge is 2.23. The number of aromatic nitrogens is 1. The number of fused-ring (bicyclic) bond motifs is 1. The molecule has 2 aromatic rings. The maximum absolute atomic E-state index is 12.2. The first-order valence-corrected chi connectivity index (χ1v) is 10.7. The summed E-state index contributed by atoms with van der Waals surface area (Å²) < 4.78 is 5.79. The molecule has 4 N–H and O–H groups in total. The highest BCUT2D eigenvalue weighted by Crippen LogP contribution is 2.27. The van der Waals surface area contributed by atoms with Crippen LogP contribution in [0.15, 0.2) is 22.6 Å². The third-order valence-corrected chi connectivity index (χ3v) is 5.46. The van der Waals surface area contributed by atoms with Crippen LogP contribution < -0.4 is 16.4 Å². The molecule has 30 heavy (non-hydrogen) atoms. The molecule has 8 heteroatoms. The highest BCUT2D eigenvalue weighted by atomic mass is 16.3. The van der Waals surface area contributed by atoms with E-state index in [2.05, 4.69) is 20.5 Å². The Bertz CT molecular complexity index is 879. The molecule has 0 atom stereocenters. The van der Waals surface area contributed by atoms with Crippen molar-refractivity contribution in [3.05, 3.63) is 24.1 Å². The van der Waals surface area contributed by atoms with Crippen LogP contribution in [0.3, 0.4) is 0 Å². The van der Waals surface area contributed by atoms with Crippen molar-refractivity contribution >= 4 is 28.7 Å². The number of nitrogens with zero attached hydrogens (tertiary/aromatic N) is 2. The van der Waals surface area contributed by atoms with Crippen molar-refractivity contribution in [2.45, 2.75) is 51.9 Å². The second kappa shape index (κ2) is 9.47. The largest absolute Gasteiger partial charge is 0.440 e. The van der Waals surface area contributed by atoms with Gasteiger partial charge in [-0.1, -0.05) is 20.8 Å². The number of rotatable bonds is 7.